The molecule has 6 nitrogen and oxygen atoms in total. The van der Waals surface area contributed by atoms with Crippen LogP contribution in [0, 0.1) is 0 Å². The molecule has 0 aromatic heterocycles. The molecule has 0 bridgehead atoms. The molecule has 1 unspecified atom stereocenters. The van der Waals surface area contributed by atoms with Crippen LogP contribution in [0.3, 0.4) is 0 Å². The number of carbonyl (C=O) groups is 2. The van der Waals surface area contributed by atoms with Gasteiger partial charge in [-0.25, -0.2) is 4.79 Å². The maximum absolute atomic E-state index is 13.4. The molecule has 0 amide bonds. The van der Waals surface area contributed by atoms with Gasteiger partial charge >= 0.3 is 12.1 Å². The molecule has 292 valence electrons. The molecule has 3 rings (SSSR count). The lowest BCUT2D eigenvalue weighted by Gasteiger charge is -2.30. The normalized spacial score (nSPS) is 14.1. The minimum Gasteiger partial charge on any atom is -0.497 e. The molecule has 0 spiro atoms. The third-order valence-electron chi connectivity index (χ3n) is 7.87. The summed E-state index contributed by atoms with van der Waals surface area (Å²) in [6.45, 7) is 19.7. The van der Waals surface area contributed by atoms with E-state index in [9.17, 15) is 22.8 Å². The lowest BCUT2D eigenvalue weighted by molar-refractivity contribution is -0.129. The van der Waals surface area contributed by atoms with E-state index >= 15 is 0 Å². The Morgan fingerprint density at radius 3 is 2.13 bits per heavy atom. The van der Waals surface area contributed by atoms with Crippen molar-refractivity contribution in [3.8, 4) is 5.75 Å². The lowest BCUT2D eigenvalue weighted by atomic mass is 9.81. The van der Waals surface area contributed by atoms with Gasteiger partial charge in [-0.05, 0) is 74.9 Å². The van der Waals surface area contributed by atoms with Crippen LogP contribution in [0.1, 0.15) is 65.5 Å². The Hall–Kier alpha value is -5.15. The SMILES string of the molecule is C=C(Cc1ccc(OC(=O)C2=CCC=CC=C2C(=CC/C=C(\C)C(F)(F)F)/C=C\C)cc1)OCC(C=O)(C(=C)OCC)c1ccccc1.CC.CCOC. The Morgan fingerprint density at radius 1 is 0.926 bits per heavy atom. The number of allylic oxidation sites excluding steroid dienone is 11. The van der Waals surface area contributed by atoms with Crippen molar-refractivity contribution >= 4 is 12.3 Å². The van der Waals surface area contributed by atoms with Crippen LogP contribution < -0.4 is 4.74 Å². The number of carbonyl (C=O) groups excluding carboxylic acids is 2. The fourth-order valence-electron chi connectivity index (χ4n) is 4.86. The zero-order valence-corrected chi connectivity index (χ0v) is 32.6. The van der Waals surface area contributed by atoms with Crippen molar-refractivity contribution in [1.82, 2.24) is 0 Å². The molecular weight excluding hydrogens is 693 g/mol. The minimum absolute atomic E-state index is 0.0362. The molecule has 0 radical (unpaired) electrons. The molecule has 2 aromatic rings. The molecular formula is C45H55F3O6. The lowest BCUT2D eigenvalue weighted by Crippen LogP contribution is -2.36. The standard InChI is InChI=1S/C40H41F3O5.C3H8O.C2H6/c1-6-15-33(17-14-16-29(3)40(41,42)43)36-20-12-9-13-21-37(36)38(45)48-35-24-22-32(23-25-35)26-30(4)47-28-39(27-44,31(5)46-7-2)34-18-10-8-11-19-34;1-3-4-2;1-2/h6,8-12,15-25,27H,4-5,7,13-14,26,28H2,1-3H3;3H2,1-2H3;1-2H3/b15-6-,29-16+,33-17?;;. The Morgan fingerprint density at radius 2 is 1.57 bits per heavy atom. The Kier molecular flexibility index (Phi) is 21.7. The highest BCUT2D eigenvalue weighted by atomic mass is 19.4. The van der Waals surface area contributed by atoms with Crippen molar-refractivity contribution < 1.29 is 41.7 Å². The van der Waals surface area contributed by atoms with E-state index in [0.29, 0.717) is 53.2 Å². The fourth-order valence-corrected chi connectivity index (χ4v) is 4.86. The summed E-state index contributed by atoms with van der Waals surface area (Å²) >= 11 is 0. The average molecular weight is 749 g/mol. The van der Waals surface area contributed by atoms with Gasteiger partial charge < -0.3 is 23.7 Å². The maximum Gasteiger partial charge on any atom is 0.412 e. The number of ether oxygens (including phenoxy) is 4. The van der Waals surface area contributed by atoms with Crippen molar-refractivity contribution in [2.75, 3.05) is 26.9 Å². The van der Waals surface area contributed by atoms with Crippen LogP contribution in [0.2, 0.25) is 0 Å². The van der Waals surface area contributed by atoms with Gasteiger partial charge in [0.1, 0.15) is 29.8 Å². The Bertz CT molecular complexity index is 1670. The first-order valence-corrected chi connectivity index (χ1v) is 18.0. The summed E-state index contributed by atoms with van der Waals surface area (Å²) in [4.78, 5) is 25.8. The summed E-state index contributed by atoms with van der Waals surface area (Å²) in [7, 11) is 1.68. The highest BCUT2D eigenvalue weighted by Gasteiger charge is 2.38. The second-order valence-electron chi connectivity index (χ2n) is 11.6. The summed E-state index contributed by atoms with van der Waals surface area (Å²) in [6, 6.07) is 16.0. The van der Waals surface area contributed by atoms with E-state index < -0.39 is 23.1 Å². The monoisotopic (exact) mass is 748 g/mol. The van der Waals surface area contributed by atoms with Crippen molar-refractivity contribution in [3.63, 3.8) is 0 Å². The van der Waals surface area contributed by atoms with Gasteiger partial charge in [0.25, 0.3) is 0 Å². The molecule has 1 aliphatic carbocycles. The number of rotatable bonds is 17. The van der Waals surface area contributed by atoms with Gasteiger partial charge in [0.05, 0.1) is 17.9 Å². The molecule has 0 N–H and O–H groups in total. The second-order valence-corrected chi connectivity index (χ2v) is 11.6. The number of halogens is 3. The number of benzene rings is 2. The van der Waals surface area contributed by atoms with Crippen LogP contribution in [0.15, 0.2) is 150 Å². The molecule has 0 aliphatic heterocycles. The smallest absolute Gasteiger partial charge is 0.412 e. The summed E-state index contributed by atoms with van der Waals surface area (Å²) < 4.78 is 60.8. The van der Waals surface area contributed by atoms with E-state index in [4.69, 9.17) is 14.2 Å². The summed E-state index contributed by atoms with van der Waals surface area (Å²) in [5, 5.41) is 0. The van der Waals surface area contributed by atoms with Crippen LogP contribution in [0.4, 0.5) is 13.2 Å². The van der Waals surface area contributed by atoms with Crippen molar-refractivity contribution in [3.05, 3.63) is 161 Å². The molecule has 9 heteroatoms. The molecule has 0 heterocycles. The third kappa shape index (κ3) is 15.1. The van der Waals surface area contributed by atoms with Gasteiger partial charge in [-0.15, -0.1) is 0 Å². The zero-order chi connectivity index (χ0) is 40.6. The number of aldehydes is 1. The van der Waals surface area contributed by atoms with Crippen molar-refractivity contribution in [2.24, 2.45) is 0 Å². The highest BCUT2D eigenvalue weighted by molar-refractivity contribution is 5.97. The number of hydrogen-bond donors (Lipinski definition) is 0. The van der Waals surface area contributed by atoms with Gasteiger partial charge in [-0.1, -0.05) is 118 Å². The number of hydrogen-bond acceptors (Lipinski definition) is 6. The number of esters is 1. The molecule has 0 saturated heterocycles. The first kappa shape index (κ1) is 46.9. The van der Waals surface area contributed by atoms with Gasteiger partial charge in [0, 0.05) is 25.7 Å². The van der Waals surface area contributed by atoms with E-state index in [-0.39, 0.29) is 18.8 Å². The van der Waals surface area contributed by atoms with Gasteiger partial charge in [0.2, 0.25) is 0 Å². The predicted molar refractivity (Wildman–Crippen MR) is 212 cm³/mol. The van der Waals surface area contributed by atoms with Crippen LogP contribution in [0.5, 0.6) is 5.75 Å². The van der Waals surface area contributed by atoms with Crippen LogP contribution in [0.25, 0.3) is 0 Å². The summed E-state index contributed by atoms with van der Waals surface area (Å²) in [5.41, 5.74) is 1.07. The van der Waals surface area contributed by atoms with E-state index in [1.165, 1.54) is 0 Å². The van der Waals surface area contributed by atoms with Crippen LogP contribution in [-0.4, -0.2) is 45.4 Å². The second kappa shape index (κ2) is 25.0. The summed E-state index contributed by atoms with van der Waals surface area (Å²) in [6.07, 6.45) is 10.7. The van der Waals surface area contributed by atoms with E-state index in [1.54, 1.807) is 74.8 Å². The Labute approximate surface area is 319 Å². The average Bonchev–Trinajstić information content (AvgIpc) is 3.43. The van der Waals surface area contributed by atoms with Crippen LogP contribution >= 0.6 is 0 Å². The Balaban J connectivity index is 0.00000227. The molecule has 1 atom stereocenters. The third-order valence-corrected chi connectivity index (χ3v) is 7.87. The van der Waals surface area contributed by atoms with E-state index in [0.717, 1.165) is 31.5 Å². The zero-order valence-electron chi connectivity index (χ0n) is 32.6. The molecule has 0 fully saturated rings. The first-order valence-electron chi connectivity index (χ1n) is 18.0. The van der Waals surface area contributed by atoms with Crippen molar-refractivity contribution in [2.45, 2.75) is 72.4 Å². The van der Waals surface area contributed by atoms with Gasteiger partial charge in [0.15, 0.2) is 0 Å². The highest BCUT2D eigenvalue weighted by Crippen LogP contribution is 2.32. The minimum atomic E-state index is -4.40. The molecule has 54 heavy (non-hydrogen) atoms. The van der Waals surface area contributed by atoms with Gasteiger partial charge in [-0.2, -0.15) is 13.2 Å². The summed E-state index contributed by atoms with van der Waals surface area (Å²) in [5.74, 6) is 0.415. The number of methoxy groups -OCH3 is 1. The predicted octanol–water partition coefficient (Wildman–Crippen LogP) is 11.2. The van der Waals surface area contributed by atoms with Gasteiger partial charge in [-0.3, -0.25) is 0 Å². The maximum atomic E-state index is 13.4. The topological polar surface area (TPSA) is 71.1 Å². The quantitative estimate of drug-likeness (QED) is 0.0401. The van der Waals surface area contributed by atoms with Crippen LogP contribution in [-0.2, 0) is 35.6 Å². The molecule has 0 saturated carbocycles. The fraction of sp³-hybridized carbons (Fsp3) is 0.333. The van der Waals surface area contributed by atoms with Crippen molar-refractivity contribution in [1.29, 1.82) is 0 Å². The molecule has 1 aliphatic rings. The van der Waals surface area contributed by atoms with E-state index in [1.807, 2.05) is 64.1 Å². The van der Waals surface area contributed by atoms with E-state index in [2.05, 4.69) is 17.9 Å². The largest absolute Gasteiger partial charge is 0.497 e. The molecule has 2 aromatic carbocycles. The first-order chi connectivity index (χ1) is 25.9. The number of alkyl halides is 3.